The van der Waals surface area contributed by atoms with Gasteiger partial charge in [0.05, 0.1) is 12.8 Å². The Morgan fingerprint density at radius 1 is 1.05 bits per heavy atom. The molecule has 1 aromatic carbocycles. The Morgan fingerprint density at radius 3 is 2.52 bits per heavy atom. The number of rotatable bonds is 8. The standard InChI is InChI=1S/C15H20N2O3S/c1-21(18,19)17-11-5-10-16-12-14-8-9-15(20-14)13-6-3-2-4-7-13/h2-4,6-9,16-17H,5,10-12H2,1H3. The SMILES string of the molecule is CS(=O)(=O)NCCCNCc1ccc(-c2ccccc2)o1. The summed E-state index contributed by atoms with van der Waals surface area (Å²) in [6.45, 7) is 1.80. The van der Waals surface area contributed by atoms with Crippen molar-refractivity contribution in [3.05, 3.63) is 48.2 Å². The lowest BCUT2D eigenvalue weighted by atomic mass is 10.2. The zero-order valence-corrected chi connectivity index (χ0v) is 12.8. The number of nitrogens with one attached hydrogen (secondary N) is 2. The molecule has 5 nitrogen and oxygen atoms in total. The first kappa shape index (κ1) is 15.8. The first-order valence-electron chi connectivity index (χ1n) is 6.84. The molecule has 0 fully saturated rings. The Kier molecular flexibility index (Phi) is 5.55. The molecule has 0 spiro atoms. The minimum atomic E-state index is -3.09. The largest absolute Gasteiger partial charge is 0.460 e. The summed E-state index contributed by atoms with van der Waals surface area (Å²) < 4.78 is 30.0. The highest BCUT2D eigenvalue weighted by Crippen LogP contribution is 2.21. The molecule has 0 amide bonds. The monoisotopic (exact) mass is 308 g/mol. The van der Waals surface area contributed by atoms with E-state index in [0.717, 1.165) is 36.3 Å². The van der Waals surface area contributed by atoms with Crippen LogP contribution in [0.2, 0.25) is 0 Å². The minimum absolute atomic E-state index is 0.444. The van der Waals surface area contributed by atoms with Crippen LogP contribution in [0.15, 0.2) is 46.9 Å². The van der Waals surface area contributed by atoms with Crippen LogP contribution in [-0.4, -0.2) is 27.8 Å². The maximum Gasteiger partial charge on any atom is 0.208 e. The van der Waals surface area contributed by atoms with Crippen LogP contribution in [0.4, 0.5) is 0 Å². The van der Waals surface area contributed by atoms with Gasteiger partial charge in [-0.3, -0.25) is 0 Å². The van der Waals surface area contributed by atoms with Gasteiger partial charge in [-0.15, -0.1) is 0 Å². The van der Waals surface area contributed by atoms with Crippen molar-refractivity contribution in [3.8, 4) is 11.3 Å². The van der Waals surface area contributed by atoms with E-state index in [9.17, 15) is 8.42 Å². The molecule has 0 radical (unpaired) electrons. The second-order valence-corrected chi connectivity index (χ2v) is 6.66. The van der Waals surface area contributed by atoms with E-state index in [4.69, 9.17) is 4.42 Å². The van der Waals surface area contributed by atoms with Gasteiger partial charge in [0.2, 0.25) is 10.0 Å². The third-order valence-electron chi connectivity index (χ3n) is 2.91. The van der Waals surface area contributed by atoms with Crippen LogP contribution in [0.3, 0.4) is 0 Å². The van der Waals surface area contributed by atoms with E-state index in [-0.39, 0.29) is 0 Å². The molecule has 0 bridgehead atoms. The molecular formula is C15H20N2O3S. The predicted octanol–water partition coefficient (Wildman–Crippen LogP) is 1.98. The molecule has 114 valence electrons. The number of furan rings is 1. The molecule has 1 heterocycles. The number of benzene rings is 1. The molecule has 0 aliphatic carbocycles. The van der Waals surface area contributed by atoms with E-state index in [2.05, 4.69) is 10.0 Å². The van der Waals surface area contributed by atoms with Crippen LogP contribution in [0.25, 0.3) is 11.3 Å². The van der Waals surface area contributed by atoms with Gasteiger partial charge in [-0.05, 0) is 25.1 Å². The summed E-state index contributed by atoms with van der Waals surface area (Å²) in [7, 11) is -3.09. The van der Waals surface area contributed by atoms with Crippen molar-refractivity contribution in [2.45, 2.75) is 13.0 Å². The molecule has 21 heavy (non-hydrogen) atoms. The quantitative estimate of drug-likeness (QED) is 0.732. The minimum Gasteiger partial charge on any atom is -0.460 e. The third-order valence-corrected chi connectivity index (χ3v) is 3.64. The maximum absolute atomic E-state index is 10.9. The second-order valence-electron chi connectivity index (χ2n) is 4.83. The molecule has 0 saturated heterocycles. The van der Waals surface area contributed by atoms with Gasteiger partial charge < -0.3 is 9.73 Å². The Labute approximate surface area is 125 Å². The third kappa shape index (κ3) is 5.71. The Balaban J connectivity index is 1.72. The summed E-state index contributed by atoms with van der Waals surface area (Å²) in [5, 5.41) is 3.22. The zero-order chi connectivity index (χ0) is 15.1. The Hall–Kier alpha value is -1.63. The van der Waals surface area contributed by atoms with Gasteiger partial charge in [-0.1, -0.05) is 30.3 Å². The molecule has 0 unspecified atom stereocenters. The first-order valence-corrected chi connectivity index (χ1v) is 8.73. The summed E-state index contributed by atoms with van der Waals surface area (Å²) in [6, 6.07) is 13.8. The molecular weight excluding hydrogens is 288 g/mol. The zero-order valence-electron chi connectivity index (χ0n) is 12.0. The van der Waals surface area contributed by atoms with Crippen molar-refractivity contribution in [2.75, 3.05) is 19.3 Å². The molecule has 1 aromatic heterocycles. The molecule has 0 saturated carbocycles. The van der Waals surface area contributed by atoms with Crippen molar-refractivity contribution in [2.24, 2.45) is 0 Å². The second kappa shape index (κ2) is 7.40. The summed E-state index contributed by atoms with van der Waals surface area (Å²) >= 11 is 0. The summed E-state index contributed by atoms with van der Waals surface area (Å²) in [6.07, 6.45) is 1.90. The van der Waals surface area contributed by atoms with Crippen LogP contribution >= 0.6 is 0 Å². The van der Waals surface area contributed by atoms with E-state index in [1.54, 1.807) is 0 Å². The molecule has 2 rings (SSSR count). The highest BCUT2D eigenvalue weighted by Gasteiger charge is 2.04. The average molecular weight is 308 g/mol. The Morgan fingerprint density at radius 2 is 1.81 bits per heavy atom. The summed E-state index contributed by atoms with van der Waals surface area (Å²) in [4.78, 5) is 0. The van der Waals surface area contributed by atoms with Crippen LogP contribution in [-0.2, 0) is 16.6 Å². The van der Waals surface area contributed by atoms with Gasteiger partial charge in [-0.25, -0.2) is 13.1 Å². The number of hydrogen-bond acceptors (Lipinski definition) is 4. The fourth-order valence-electron chi connectivity index (χ4n) is 1.91. The van der Waals surface area contributed by atoms with Gasteiger partial charge in [0.1, 0.15) is 11.5 Å². The maximum atomic E-state index is 10.9. The summed E-state index contributed by atoms with van der Waals surface area (Å²) in [5.41, 5.74) is 1.06. The highest BCUT2D eigenvalue weighted by molar-refractivity contribution is 7.88. The first-order chi connectivity index (χ1) is 10.0. The van der Waals surface area contributed by atoms with Crippen molar-refractivity contribution in [1.82, 2.24) is 10.0 Å². The lowest BCUT2D eigenvalue weighted by Gasteiger charge is -2.03. The van der Waals surface area contributed by atoms with Gasteiger partial charge in [0, 0.05) is 12.1 Å². The average Bonchev–Trinajstić information content (AvgIpc) is 2.91. The van der Waals surface area contributed by atoms with Crippen molar-refractivity contribution >= 4 is 10.0 Å². The van der Waals surface area contributed by atoms with Crippen molar-refractivity contribution in [1.29, 1.82) is 0 Å². The predicted molar refractivity (Wildman–Crippen MR) is 83.3 cm³/mol. The van der Waals surface area contributed by atoms with Gasteiger partial charge in [0.15, 0.2) is 0 Å². The molecule has 6 heteroatoms. The van der Waals surface area contributed by atoms with Crippen LogP contribution < -0.4 is 10.0 Å². The van der Waals surface area contributed by atoms with E-state index in [0.29, 0.717) is 13.1 Å². The van der Waals surface area contributed by atoms with Crippen molar-refractivity contribution < 1.29 is 12.8 Å². The summed E-state index contributed by atoms with van der Waals surface area (Å²) in [5.74, 6) is 1.72. The molecule has 2 aromatic rings. The highest BCUT2D eigenvalue weighted by atomic mass is 32.2. The van der Waals surface area contributed by atoms with E-state index in [1.165, 1.54) is 0 Å². The smallest absolute Gasteiger partial charge is 0.208 e. The number of sulfonamides is 1. The normalized spacial score (nSPS) is 11.7. The molecule has 0 aliphatic heterocycles. The van der Waals surface area contributed by atoms with E-state index < -0.39 is 10.0 Å². The molecule has 0 atom stereocenters. The van der Waals surface area contributed by atoms with E-state index >= 15 is 0 Å². The Bertz CT molecular complexity index is 651. The topological polar surface area (TPSA) is 71.3 Å². The van der Waals surface area contributed by atoms with Gasteiger partial charge in [-0.2, -0.15) is 0 Å². The molecule has 2 N–H and O–H groups in total. The van der Waals surface area contributed by atoms with Crippen LogP contribution in [0, 0.1) is 0 Å². The fourth-order valence-corrected chi connectivity index (χ4v) is 2.43. The lowest BCUT2D eigenvalue weighted by molar-refractivity contribution is 0.490. The van der Waals surface area contributed by atoms with Gasteiger partial charge in [0.25, 0.3) is 0 Å². The van der Waals surface area contributed by atoms with Crippen LogP contribution in [0.5, 0.6) is 0 Å². The van der Waals surface area contributed by atoms with Gasteiger partial charge >= 0.3 is 0 Å². The van der Waals surface area contributed by atoms with Crippen molar-refractivity contribution in [3.63, 3.8) is 0 Å². The van der Waals surface area contributed by atoms with Crippen LogP contribution in [0.1, 0.15) is 12.2 Å². The number of hydrogen-bond donors (Lipinski definition) is 2. The van der Waals surface area contributed by atoms with E-state index in [1.807, 2.05) is 42.5 Å². The molecule has 0 aliphatic rings. The lowest BCUT2D eigenvalue weighted by Crippen LogP contribution is -2.26. The fraction of sp³-hybridized carbons (Fsp3) is 0.333.